The molecule has 0 saturated heterocycles. The molecule has 0 spiro atoms. The maximum Gasteiger partial charge on any atom is 0.387 e. The molecule has 96 valence electrons. The highest BCUT2D eigenvalue weighted by Gasteiger charge is 2.10. The fourth-order valence-corrected chi connectivity index (χ4v) is 2.07. The number of alkyl halides is 2. The van der Waals surface area contributed by atoms with Crippen molar-refractivity contribution >= 4 is 17.0 Å². The predicted molar refractivity (Wildman–Crippen MR) is 64.7 cm³/mol. The van der Waals surface area contributed by atoms with E-state index in [-0.39, 0.29) is 0 Å². The summed E-state index contributed by atoms with van der Waals surface area (Å²) in [5, 5.41) is 6.90. The van der Waals surface area contributed by atoms with Crippen molar-refractivity contribution in [2.45, 2.75) is 13.2 Å². The predicted octanol–water partition coefficient (Wildman–Crippen LogP) is 4.10. The van der Waals surface area contributed by atoms with Gasteiger partial charge in [0.25, 0.3) is 0 Å². The van der Waals surface area contributed by atoms with Crippen LogP contribution in [0.2, 0.25) is 0 Å². The van der Waals surface area contributed by atoms with E-state index in [0.717, 1.165) is 11.6 Å². The molecule has 0 fully saturated rings. The molecule has 0 saturated carbocycles. The van der Waals surface area contributed by atoms with Gasteiger partial charge in [0.15, 0.2) is 11.6 Å². The van der Waals surface area contributed by atoms with Crippen LogP contribution in [0, 0.1) is 5.82 Å². The highest BCUT2D eigenvalue weighted by atomic mass is 32.1. The van der Waals surface area contributed by atoms with Crippen LogP contribution in [0.15, 0.2) is 35.0 Å². The van der Waals surface area contributed by atoms with E-state index in [2.05, 4.69) is 10.1 Å². The summed E-state index contributed by atoms with van der Waals surface area (Å²) in [5.74, 6) is -1.27. The lowest BCUT2D eigenvalue weighted by Gasteiger charge is -2.09. The molecule has 2 nitrogen and oxygen atoms in total. The lowest BCUT2D eigenvalue weighted by atomic mass is 10.2. The minimum absolute atomic E-state index is 0.453. The highest BCUT2D eigenvalue weighted by molar-refractivity contribution is 7.07. The maximum atomic E-state index is 13.4. The van der Waals surface area contributed by atoms with Crippen molar-refractivity contribution in [2.24, 2.45) is 0 Å². The number of thiophene rings is 1. The van der Waals surface area contributed by atoms with E-state index in [1.807, 2.05) is 16.8 Å². The van der Waals surface area contributed by atoms with E-state index in [9.17, 15) is 13.2 Å². The normalized spacial score (nSPS) is 10.7. The van der Waals surface area contributed by atoms with Crippen LogP contribution in [0.3, 0.4) is 0 Å². The molecule has 1 aromatic heterocycles. The van der Waals surface area contributed by atoms with Crippen molar-refractivity contribution < 1.29 is 17.9 Å². The zero-order chi connectivity index (χ0) is 13.0. The summed E-state index contributed by atoms with van der Waals surface area (Å²) in [7, 11) is 0. The standard InChI is InChI=1S/C12H10F3NOS/c13-10-5-9(1-2-11(10)17-12(14)15)16-6-8-3-4-18-7-8/h1-5,7,12,16H,6H2. The Bertz CT molecular complexity index is 502. The van der Waals surface area contributed by atoms with Gasteiger partial charge in [-0.2, -0.15) is 20.1 Å². The van der Waals surface area contributed by atoms with E-state index in [0.29, 0.717) is 12.2 Å². The Morgan fingerprint density at radius 1 is 1.28 bits per heavy atom. The highest BCUT2D eigenvalue weighted by Crippen LogP contribution is 2.23. The molecule has 1 heterocycles. The molecule has 0 radical (unpaired) electrons. The molecule has 0 aliphatic carbocycles. The third-order valence-electron chi connectivity index (χ3n) is 2.22. The number of rotatable bonds is 5. The van der Waals surface area contributed by atoms with Crippen LogP contribution in [-0.2, 0) is 6.54 Å². The van der Waals surface area contributed by atoms with Gasteiger partial charge in [0.05, 0.1) is 0 Å². The molecule has 0 aliphatic rings. The number of hydrogen-bond acceptors (Lipinski definition) is 3. The molecular formula is C12H10F3NOS. The summed E-state index contributed by atoms with van der Waals surface area (Å²) in [5.41, 5.74) is 1.59. The lowest BCUT2D eigenvalue weighted by molar-refractivity contribution is -0.0521. The van der Waals surface area contributed by atoms with Gasteiger partial charge in [-0.25, -0.2) is 4.39 Å². The maximum absolute atomic E-state index is 13.4. The number of anilines is 1. The minimum Gasteiger partial charge on any atom is -0.432 e. The number of ether oxygens (including phenoxy) is 1. The lowest BCUT2D eigenvalue weighted by Crippen LogP contribution is -2.04. The first-order valence-corrected chi connectivity index (χ1v) is 6.09. The summed E-state index contributed by atoms with van der Waals surface area (Å²) >= 11 is 1.57. The fourth-order valence-electron chi connectivity index (χ4n) is 1.40. The summed E-state index contributed by atoms with van der Waals surface area (Å²) in [4.78, 5) is 0. The van der Waals surface area contributed by atoms with E-state index < -0.39 is 18.2 Å². The van der Waals surface area contributed by atoms with Crippen molar-refractivity contribution in [2.75, 3.05) is 5.32 Å². The first-order chi connectivity index (χ1) is 8.65. The van der Waals surface area contributed by atoms with E-state index in [1.165, 1.54) is 12.1 Å². The van der Waals surface area contributed by atoms with Gasteiger partial charge in [-0.3, -0.25) is 0 Å². The van der Waals surface area contributed by atoms with Gasteiger partial charge in [-0.05, 0) is 34.5 Å². The van der Waals surface area contributed by atoms with E-state index >= 15 is 0 Å². The van der Waals surface area contributed by atoms with Gasteiger partial charge in [-0.1, -0.05) is 0 Å². The molecule has 18 heavy (non-hydrogen) atoms. The van der Waals surface area contributed by atoms with Crippen LogP contribution in [0.4, 0.5) is 18.9 Å². The average Bonchev–Trinajstić information content (AvgIpc) is 2.82. The van der Waals surface area contributed by atoms with Gasteiger partial charge < -0.3 is 10.1 Å². The summed E-state index contributed by atoms with van der Waals surface area (Å²) in [6.07, 6.45) is 0. The number of benzene rings is 1. The zero-order valence-electron chi connectivity index (χ0n) is 9.20. The molecular weight excluding hydrogens is 263 g/mol. The summed E-state index contributed by atoms with van der Waals surface area (Å²) in [6, 6.07) is 5.75. The molecule has 0 aliphatic heterocycles. The smallest absolute Gasteiger partial charge is 0.387 e. The van der Waals surface area contributed by atoms with Crippen molar-refractivity contribution in [3.8, 4) is 5.75 Å². The summed E-state index contributed by atoms with van der Waals surface area (Å²) in [6.45, 7) is -2.47. The van der Waals surface area contributed by atoms with E-state index in [1.54, 1.807) is 11.3 Å². The van der Waals surface area contributed by atoms with Crippen LogP contribution in [0.5, 0.6) is 5.75 Å². The van der Waals surface area contributed by atoms with Gasteiger partial charge in [0.1, 0.15) is 0 Å². The van der Waals surface area contributed by atoms with Gasteiger partial charge in [-0.15, -0.1) is 0 Å². The Hall–Kier alpha value is -1.69. The molecule has 0 amide bonds. The topological polar surface area (TPSA) is 21.3 Å². The second-order valence-corrected chi connectivity index (χ2v) is 4.29. The van der Waals surface area contributed by atoms with Crippen molar-refractivity contribution in [1.82, 2.24) is 0 Å². The Morgan fingerprint density at radius 3 is 2.72 bits per heavy atom. The van der Waals surface area contributed by atoms with Gasteiger partial charge in [0.2, 0.25) is 0 Å². The SMILES string of the molecule is Fc1cc(NCc2ccsc2)ccc1OC(F)F. The second kappa shape index (κ2) is 5.77. The number of hydrogen-bond donors (Lipinski definition) is 1. The molecule has 1 N–H and O–H groups in total. The van der Waals surface area contributed by atoms with Crippen molar-refractivity contribution in [3.05, 3.63) is 46.4 Å². The Morgan fingerprint density at radius 2 is 2.11 bits per heavy atom. The van der Waals surface area contributed by atoms with Crippen molar-refractivity contribution in [3.63, 3.8) is 0 Å². The molecule has 2 aromatic rings. The van der Waals surface area contributed by atoms with Crippen LogP contribution in [0.1, 0.15) is 5.56 Å². The molecule has 2 rings (SSSR count). The molecule has 1 aromatic carbocycles. The average molecular weight is 273 g/mol. The third kappa shape index (κ3) is 3.40. The quantitative estimate of drug-likeness (QED) is 0.885. The van der Waals surface area contributed by atoms with Crippen LogP contribution < -0.4 is 10.1 Å². The minimum atomic E-state index is -3.02. The first kappa shape index (κ1) is 12.8. The summed E-state index contributed by atoms with van der Waals surface area (Å²) < 4.78 is 41.3. The second-order valence-electron chi connectivity index (χ2n) is 3.51. The molecule has 6 heteroatoms. The number of halogens is 3. The first-order valence-electron chi connectivity index (χ1n) is 5.14. The van der Waals surface area contributed by atoms with Gasteiger partial charge in [0, 0.05) is 18.3 Å². The Balaban J connectivity index is 2.00. The Labute approximate surface area is 106 Å². The molecule has 0 atom stereocenters. The van der Waals surface area contributed by atoms with Crippen molar-refractivity contribution in [1.29, 1.82) is 0 Å². The molecule has 0 bridgehead atoms. The zero-order valence-corrected chi connectivity index (χ0v) is 10.0. The van der Waals surface area contributed by atoms with Crippen LogP contribution in [-0.4, -0.2) is 6.61 Å². The molecule has 0 unspecified atom stereocenters. The monoisotopic (exact) mass is 273 g/mol. The van der Waals surface area contributed by atoms with Crippen LogP contribution in [0.25, 0.3) is 0 Å². The largest absolute Gasteiger partial charge is 0.432 e. The third-order valence-corrected chi connectivity index (χ3v) is 2.96. The fraction of sp³-hybridized carbons (Fsp3) is 0.167. The number of nitrogens with one attached hydrogen (secondary N) is 1. The Kier molecular flexibility index (Phi) is 4.09. The van der Waals surface area contributed by atoms with E-state index in [4.69, 9.17) is 0 Å². The van der Waals surface area contributed by atoms with Gasteiger partial charge >= 0.3 is 6.61 Å². The van der Waals surface area contributed by atoms with Crippen LogP contribution >= 0.6 is 11.3 Å².